The highest BCUT2D eigenvalue weighted by Gasteiger charge is 2.31. The number of hydrogen-bond acceptors (Lipinski definition) is 2. The lowest BCUT2D eigenvalue weighted by atomic mass is 9.94. The number of nitrogens with one attached hydrogen (secondary N) is 1. The van der Waals surface area contributed by atoms with Crippen molar-refractivity contribution in [1.82, 2.24) is 10.2 Å². The Bertz CT molecular complexity index is 236. The summed E-state index contributed by atoms with van der Waals surface area (Å²) in [6.07, 6.45) is 9.79. The Morgan fingerprint density at radius 2 is 1.75 bits per heavy atom. The smallest absolute Gasteiger partial charge is 0.239 e. The normalized spacial score (nSPS) is 29.2. The van der Waals surface area contributed by atoms with Crippen LogP contribution in [0.4, 0.5) is 0 Å². The average molecular weight is 224 g/mol. The summed E-state index contributed by atoms with van der Waals surface area (Å²) in [5.74, 6) is 0.354. The maximum atomic E-state index is 12.3. The molecule has 0 aromatic carbocycles. The van der Waals surface area contributed by atoms with Gasteiger partial charge >= 0.3 is 0 Å². The molecule has 1 unspecified atom stereocenters. The van der Waals surface area contributed by atoms with E-state index in [-0.39, 0.29) is 6.04 Å². The quantitative estimate of drug-likeness (QED) is 0.777. The zero-order valence-corrected chi connectivity index (χ0v) is 10.4. The molecule has 1 N–H and O–H groups in total. The Balaban J connectivity index is 2.02. The summed E-state index contributed by atoms with van der Waals surface area (Å²) in [5, 5.41) is 3.17. The van der Waals surface area contributed by atoms with Gasteiger partial charge in [-0.05, 0) is 39.2 Å². The fourth-order valence-corrected chi connectivity index (χ4v) is 3.09. The van der Waals surface area contributed by atoms with Crippen LogP contribution < -0.4 is 5.32 Å². The van der Waals surface area contributed by atoms with Crippen LogP contribution in [0.3, 0.4) is 0 Å². The molecule has 3 heteroatoms. The highest BCUT2D eigenvalue weighted by Crippen LogP contribution is 2.25. The minimum absolute atomic E-state index is 0.0735. The predicted molar refractivity (Wildman–Crippen MR) is 65.3 cm³/mol. The first kappa shape index (κ1) is 11.9. The molecule has 1 amide bonds. The van der Waals surface area contributed by atoms with Gasteiger partial charge in [-0.1, -0.05) is 19.3 Å². The van der Waals surface area contributed by atoms with E-state index in [0.29, 0.717) is 11.9 Å². The first-order chi connectivity index (χ1) is 7.83. The van der Waals surface area contributed by atoms with E-state index in [1.807, 2.05) is 7.05 Å². The number of likely N-dealkylation sites (tertiary alicyclic amines) is 1. The Morgan fingerprint density at radius 3 is 2.44 bits per heavy atom. The van der Waals surface area contributed by atoms with Crippen LogP contribution in [0.2, 0.25) is 0 Å². The van der Waals surface area contributed by atoms with E-state index in [4.69, 9.17) is 0 Å². The first-order valence-electron chi connectivity index (χ1n) is 6.80. The van der Waals surface area contributed by atoms with E-state index < -0.39 is 0 Å². The van der Waals surface area contributed by atoms with Crippen LogP contribution in [0.25, 0.3) is 0 Å². The Kier molecular flexibility index (Phi) is 4.22. The molecule has 2 fully saturated rings. The van der Waals surface area contributed by atoms with Crippen LogP contribution >= 0.6 is 0 Å². The Hall–Kier alpha value is -0.570. The maximum Gasteiger partial charge on any atom is 0.239 e. The molecule has 1 atom stereocenters. The second-order valence-electron chi connectivity index (χ2n) is 5.16. The van der Waals surface area contributed by atoms with Crippen molar-refractivity contribution in [3.8, 4) is 0 Å². The van der Waals surface area contributed by atoms with Gasteiger partial charge in [-0.3, -0.25) is 4.79 Å². The van der Waals surface area contributed by atoms with Crippen LogP contribution in [-0.4, -0.2) is 36.5 Å². The number of carbonyl (C=O) groups is 1. The molecule has 1 heterocycles. The highest BCUT2D eigenvalue weighted by atomic mass is 16.2. The van der Waals surface area contributed by atoms with Gasteiger partial charge in [-0.2, -0.15) is 0 Å². The molecule has 1 aliphatic heterocycles. The van der Waals surface area contributed by atoms with Gasteiger partial charge in [0.2, 0.25) is 5.91 Å². The highest BCUT2D eigenvalue weighted by molar-refractivity contribution is 5.82. The third-order valence-corrected chi connectivity index (χ3v) is 4.09. The molecule has 0 spiro atoms. The summed E-state index contributed by atoms with van der Waals surface area (Å²) < 4.78 is 0. The minimum atomic E-state index is 0.0735. The predicted octanol–water partition coefficient (Wildman–Crippen LogP) is 1.92. The average Bonchev–Trinajstić information content (AvgIpc) is 2.52. The second kappa shape index (κ2) is 5.67. The second-order valence-corrected chi connectivity index (χ2v) is 5.16. The van der Waals surface area contributed by atoms with E-state index >= 15 is 0 Å². The van der Waals surface area contributed by atoms with Crippen molar-refractivity contribution in [2.24, 2.45) is 0 Å². The topological polar surface area (TPSA) is 32.3 Å². The van der Waals surface area contributed by atoms with Crippen LogP contribution in [-0.2, 0) is 4.79 Å². The summed E-state index contributed by atoms with van der Waals surface area (Å²) in [5.41, 5.74) is 0. The van der Waals surface area contributed by atoms with Crippen molar-refractivity contribution in [2.45, 2.75) is 63.5 Å². The molecule has 2 rings (SSSR count). The molecule has 0 radical (unpaired) electrons. The number of nitrogens with zero attached hydrogens (tertiary/aromatic N) is 1. The lowest BCUT2D eigenvalue weighted by Gasteiger charge is -2.35. The van der Waals surface area contributed by atoms with Crippen molar-refractivity contribution < 1.29 is 4.79 Å². The molecule has 0 bridgehead atoms. The summed E-state index contributed by atoms with van der Waals surface area (Å²) in [6, 6.07) is 0.611. The standard InChI is InChI=1S/C13H24N2O/c1-14-12-9-5-6-10-15(13(12)16)11-7-3-2-4-8-11/h11-12,14H,2-10H2,1H3. The number of amides is 1. The fraction of sp³-hybridized carbons (Fsp3) is 0.923. The third kappa shape index (κ3) is 2.57. The molecule has 1 aliphatic carbocycles. The van der Waals surface area contributed by atoms with Crippen LogP contribution in [0.15, 0.2) is 0 Å². The van der Waals surface area contributed by atoms with E-state index in [1.165, 1.54) is 44.9 Å². The van der Waals surface area contributed by atoms with Crippen molar-refractivity contribution >= 4 is 5.91 Å². The van der Waals surface area contributed by atoms with E-state index in [0.717, 1.165) is 13.0 Å². The lowest BCUT2D eigenvalue weighted by molar-refractivity contribution is -0.135. The molecular formula is C13H24N2O. The van der Waals surface area contributed by atoms with Crippen molar-refractivity contribution in [2.75, 3.05) is 13.6 Å². The van der Waals surface area contributed by atoms with Gasteiger partial charge in [0.05, 0.1) is 6.04 Å². The number of rotatable bonds is 2. The molecule has 16 heavy (non-hydrogen) atoms. The molecule has 92 valence electrons. The zero-order chi connectivity index (χ0) is 11.4. The summed E-state index contributed by atoms with van der Waals surface area (Å²) in [4.78, 5) is 14.5. The monoisotopic (exact) mass is 224 g/mol. The summed E-state index contributed by atoms with van der Waals surface area (Å²) in [6.45, 7) is 0.988. The van der Waals surface area contributed by atoms with E-state index in [1.54, 1.807) is 0 Å². The summed E-state index contributed by atoms with van der Waals surface area (Å²) in [7, 11) is 1.91. The minimum Gasteiger partial charge on any atom is -0.338 e. The van der Waals surface area contributed by atoms with Gasteiger partial charge in [-0.15, -0.1) is 0 Å². The largest absolute Gasteiger partial charge is 0.338 e. The third-order valence-electron chi connectivity index (χ3n) is 4.09. The first-order valence-corrected chi connectivity index (χ1v) is 6.80. The van der Waals surface area contributed by atoms with Gasteiger partial charge in [0.1, 0.15) is 0 Å². The molecular weight excluding hydrogens is 200 g/mol. The van der Waals surface area contributed by atoms with Crippen LogP contribution in [0.5, 0.6) is 0 Å². The maximum absolute atomic E-state index is 12.3. The van der Waals surface area contributed by atoms with Gasteiger partial charge in [-0.25, -0.2) is 0 Å². The lowest BCUT2D eigenvalue weighted by Crippen LogP contribution is -2.49. The molecule has 0 aromatic heterocycles. The molecule has 0 aromatic rings. The van der Waals surface area contributed by atoms with Gasteiger partial charge in [0, 0.05) is 12.6 Å². The Labute approximate surface area is 98.6 Å². The summed E-state index contributed by atoms with van der Waals surface area (Å²) >= 11 is 0. The fourth-order valence-electron chi connectivity index (χ4n) is 3.09. The van der Waals surface area contributed by atoms with Crippen molar-refractivity contribution in [3.63, 3.8) is 0 Å². The molecule has 1 saturated heterocycles. The van der Waals surface area contributed by atoms with Crippen LogP contribution in [0.1, 0.15) is 51.4 Å². The number of carbonyl (C=O) groups excluding carboxylic acids is 1. The molecule has 3 nitrogen and oxygen atoms in total. The van der Waals surface area contributed by atoms with E-state index in [2.05, 4.69) is 10.2 Å². The zero-order valence-electron chi connectivity index (χ0n) is 10.4. The van der Waals surface area contributed by atoms with Crippen molar-refractivity contribution in [3.05, 3.63) is 0 Å². The molecule has 1 saturated carbocycles. The van der Waals surface area contributed by atoms with Gasteiger partial charge < -0.3 is 10.2 Å². The van der Waals surface area contributed by atoms with Crippen LogP contribution in [0, 0.1) is 0 Å². The number of hydrogen-bond donors (Lipinski definition) is 1. The SMILES string of the molecule is CNC1CCCCN(C2CCCCC2)C1=O. The Morgan fingerprint density at radius 1 is 1.06 bits per heavy atom. The van der Waals surface area contributed by atoms with Gasteiger partial charge in [0.15, 0.2) is 0 Å². The van der Waals surface area contributed by atoms with E-state index in [9.17, 15) is 4.79 Å². The van der Waals surface area contributed by atoms with Gasteiger partial charge in [0.25, 0.3) is 0 Å². The molecule has 2 aliphatic rings. The van der Waals surface area contributed by atoms with Crippen molar-refractivity contribution in [1.29, 1.82) is 0 Å². The number of likely N-dealkylation sites (N-methyl/N-ethyl adjacent to an activating group) is 1.